The van der Waals surface area contributed by atoms with Crippen LogP contribution in [-0.2, 0) is 20.0 Å². The Kier molecular flexibility index (Phi) is 4.48. The van der Waals surface area contributed by atoms with Crippen LogP contribution < -0.4 is 4.13 Å². The highest BCUT2D eigenvalue weighted by atomic mass is 127. The quantitative estimate of drug-likeness (QED) is 0.277. The summed E-state index contributed by atoms with van der Waals surface area (Å²) in [5, 5.41) is 3.08. The highest BCUT2D eigenvalue weighted by Crippen LogP contribution is 2.47. The van der Waals surface area contributed by atoms with Crippen molar-refractivity contribution in [3.8, 4) is 11.1 Å². The van der Waals surface area contributed by atoms with Crippen LogP contribution in [0.2, 0.25) is 0 Å². The van der Waals surface area contributed by atoms with Gasteiger partial charge in [0.2, 0.25) is 0 Å². The molecule has 0 unspecified atom stereocenters. The van der Waals surface area contributed by atoms with Crippen molar-refractivity contribution < 1.29 is 16.8 Å². The van der Waals surface area contributed by atoms with Gasteiger partial charge in [-0.2, -0.15) is 0 Å². The van der Waals surface area contributed by atoms with E-state index < -0.39 is 20.0 Å². The Morgan fingerprint density at radius 2 is 1.00 bits per heavy atom. The first-order valence-corrected chi connectivity index (χ1v) is 13.5. The summed E-state index contributed by atoms with van der Waals surface area (Å²) < 4.78 is 55.7. The van der Waals surface area contributed by atoms with Crippen molar-refractivity contribution in [2.45, 2.75) is 9.79 Å². The molecule has 1 heterocycles. The van der Waals surface area contributed by atoms with Crippen LogP contribution in [0.15, 0.2) is 70.5 Å². The van der Waals surface area contributed by atoms with Gasteiger partial charge in [0, 0.05) is 18.3 Å². The molecule has 5 nitrogen and oxygen atoms in total. The van der Waals surface area contributed by atoms with E-state index in [4.69, 9.17) is 0 Å². The fourth-order valence-corrected chi connectivity index (χ4v) is 10.2. The molecule has 0 radical (unpaired) electrons. The molecule has 1 aliphatic rings. The van der Waals surface area contributed by atoms with Crippen molar-refractivity contribution in [1.29, 1.82) is 0 Å². The van der Waals surface area contributed by atoms with E-state index in [0.717, 1.165) is 10.8 Å². The van der Waals surface area contributed by atoms with E-state index in [-0.39, 0.29) is 9.79 Å². The maximum Gasteiger partial charge on any atom is 0.255 e. The number of rotatable bonds is 0. The minimum absolute atomic E-state index is 0.00808. The zero-order valence-electron chi connectivity index (χ0n) is 14.5. The molecule has 0 aromatic heterocycles. The highest BCUT2D eigenvalue weighted by molar-refractivity contribution is 14.1. The SMILES string of the molecule is O=S1(=O)NS(=O)(=O)c2c(I)cc3ccccc3c2-c2c1c(I)cc1ccccc21. The first kappa shape index (κ1) is 19.7. The van der Waals surface area contributed by atoms with Crippen molar-refractivity contribution in [2.24, 2.45) is 0 Å². The number of hydrogen-bond acceptors (Lipinski definition) is 4. The number of benzene rings is 4. The number of halogens is 2. The molecule has 4 aromatic carbocycles. The Bertz CT molecular complexity index is 1460. The summed E-state index contributed by atoms with van der Waals surface area (Å²) in [4.78, 5) is -0.0162. The summed E-state index contributed by atoms with van der Waals surface area (Å²) in [6.45, 7) is 0. The monoisotopic (exact) mass is 647 g/mol. The molecular formula is C20H11I2NO4S2. The van der Waals surface area contributed by atoms with Gasteiger partial charge in [0.15, 0.2) is 0 Å². The van der Waals surface area contributed by atoms with Gasteiger partial charge in [0.05, 0.1) is 0 Å². The van der Waals surface area contributed by atoms with Crippen LogP contribution in [0.4, 0.5) is 0 Å². The van der Waals surface area contributed by atoms with Gasteiger partial charge in [-0.05, 0) is 78.9 Å². The average molecular weight is 647 g/mol. The molecule has 0 aliphatic carbocycles. The fraction of sp³-hybridized carbons (Fsp3) is 0. The molecular weight excluding hydrogens is 636 g/mol. The van der Waals surface area contributed by atoms with Gasteiger partial charge >= 0.3 is 0 Å². The van der Waals surface area contributed by atoms with Gasteiger partial charge < -0.3 is 0 Å². The van der Waals surface area contributed by atoms with Crippen molar-refractivity contribution >= 4 is 86.8 Å². The van der Waals surface area contributed by atoms with Crippen LogP contribution in [0.3, 0.4) is 0 Å². The van der Waals surface area contributed by atoms with Crippen LogP contribution in [-0.4, -0.2) is 16.8 Å². The molecule has 0 saturated carbocycles. The van der Waals surface area contributed by atoms with Crippen LogP contribution in [0, 0.1) is 7.14 Å². The molecule has 0 atom stereocenters. The molecule has 0 saturated heterocycles. The van der Waals surface area contributed by atoms with E-state index in [2.05, 4.69) is 0 Å². The molecule has 9 heteroatoms. The van der Waals surface area contributed by atoms with Crippen LogP contribution >= 0.6 is 45.2 Å². The minimum atomic E-state index is -4.31. The van der Waals surface area contributed by atoms with E-state index in [1.807, 2.05) is 97.8 Å². The fourth-order valence-electron chi connectivity index (χ4n) is 3.84. The first-order chi connectivity index (χ1) is 13.7. The summed E-state index contributed by atoms with van der Waals surface area (Å²) in [5.41, 5.74) is 0.844. The van der Waals surface area contributed by atoms with Crippen molar-refractivity contribution in [3.05, 3.63) is 67.8 Å². The maximum atomic E-state index is 13.2. The Morgan fingerprint density at radius 1 is 0.621 bits per heavy atom. The van der Waals surface area contributed by atoms with E-state index in [9.17, 15) is 16.8 Å². The predicted molar refractivity (Wildman–Crippen MR) is 130 cm³/mol. The zero-order valence-corrected chi connectivity index (χ0v) is 20.4. The molecule has 0 spiro atoms. The number of sulfonamides is 2. The Balaban J connectivity index is 2.20. The molecule has 0 amide bonds. The van der Waals surface area contributed by atoms with Gasteiger partial charge in [-0.25, -0.2) is 16.8 Å². The second kappa shape index (κ2) is 6.61. The van der Waals surface area contributed by atoms with E-state index >= 15 is 0 Å². The van der Waals surface area contributed by atoms with Crippen LogP contribution in [0.5, 0.6) is 0 Å². The summed E-state index contributed by atoms with van der Waals surface area (Å²) in [5.74, 6) is 0. The van der Waals surface area contributed by atoms with Crippen LogP contribution in [0.1, 0.15) is 0 Å². The number of fused-ring (bicyclic) bond motifs is 7. The molecule has 0 fully saturated rings. The molecule has 4 aromatic rings. The van der Waals surface area contributed by atoms with E-state index in [1.165, 1.54) is 0 Å². The van der Waals surface area contributed by atoms with Gasteiger partial charge in [0.25, 0.3) is 20.0 Å². The largest absolute Gasteiger partial charge is 0.255 e. The third kappa shape index (κ3) is 2.92. The Labute approximate surface area is 194 Å². The van der Waals surface area contributed by atoms with Gasteiger partial charge in [-0.15, -0.1) is 4.13 Å². The summed E-state index contributed by atoms with van der Waals surface area (Å²) in [6, 6.07) is 18.4. The first-order valence-electron chi connectivity index (χ1n) is 8.42. The van der Waals surface area contributed by atoms with Crippen molar-refractivity contribution in [3.63, 3.8) is 0 Å². The minimum Gasteiger partial charge on any atom is -0.206 e. The summed E-state index contributed by atoms with van der Waals surface area (Å²) >= 11 is 3.92. The molecule has 146 valence electrons. The normalized spacial score (nSPS) is 16.9. The van der Waals surface area contributed by atoms with E-state index in [1.54, 1.807) is 12.1 Å². The van der Waals surface area contributed by atoms with Crippen molar-refractivity contribution in [1.82, 2.24) is 4.13 Å². The van der Waals surface area contributed by atoms with Crippen molar-refractivity contribution in [2.75, 3.05) is 0 Å². The lowest BCUT2D eigenvalue weighted by molar-refractivity contribution is 0.578. The lowest BCUT2D eigenvalue weighted by Gasteiger charge is -2.16. The third-order valence-corrected chi connectivity index (χ3v) is 11.0. The third-order valence-electron chi connectivity index (χ3n) is 4.92. The number of hydrogen-bond donors (Lipinski definition) is 1. The average Bonchev–Trinajstić information content (AvgIpc) is 2.72. The van der Waals surface area contributed by atoms with Gasteiger partial charge in [0.1, 0.15) is 9.79 Å². The van der Waals surface area contributed by atoms with Gasteiger partial charge in [-0.3, -0.25) is 0 Å². The molecule has 29 heavy (non-hydrogen) atoms. The molecule has 5 rings (SSSR count). The second-order valence-electron chi connectivity index (χ2n) is 6.66. The van der Waals surface area contributed by atoms with Gasteiger partial charge in [-0.1, -0.05) is 48.5 Å². The van der Waals surface area contributed by atoms with Crippen LogP contribution in [0.25, 0.3) is 32.7 Å². The molecule has 1 aliphatic heterocycles. The van der Waals surface area contributed by atoms with E-state index in [0.29, 0.717) is 29.0 Å². The molecule has 0 bridgehead atoms. The second-order valence-corrected chi connectivity index (χ2v) is 12.5. The molecule has 1 N–H and O–H groups in total. The lowest BCUT2D eigenvalue weighted by Crippen LogP contribution is -2.30. The standard InChI is InChI=1S/C20H11I2NO4S2/c21-15-9-11-5-1-3-7-13(11)17-18-14-8-4-2-6-12(14)10-16(22)20(18)29(26,27)23-28(24,25)19(15)17/h1-10,23H. The zero-order chi connectivity index (χ0) is 20.6. The summed E-state index contributed by atoms with van der Waals surface area (Å²) in [7, 11) is -8.62. The Morgan fingerprint density at radius 3 is 1.41 bits per heavy atom. The number of nitrogens with one attached hydrogen (secondary N) is 1. The maximum absolute atomic E-state index is 13.2. The predicted octanol–water partition coefficient (Wildman–Crippen LogP) is 4.85. The smallest absolute Gasteiger partial charge is 0.206 e. The highest BCUT2D eigenvalue weighted by Gasteiger charge is 2.38. The lowest BCUT2D eigenvalue weighted by atomic mass is 9.94. The Hall–Kier alpha value is -1.28. The summed E-state index contributed by atoms with van der Waals surface area (Å²) in [6.07, 6.45) is 0. The topological polar surface area (TPSA) is 80.3 Å².